The van der Waals surface area contributed by atoms with Gasteiger partial charge in [-0.05, 0) is 48.4 Å². The second-order valence-corrected chi connectivity index (χ2v) is 10.1. The van der Waals surface area contributed by atoms with Crippen LogP contribution in [0.4, 0.5) is 0 Å². The lowest BCUT2D eigenvalue weighted by Gasteiger charge is -2.30. The Balaban J connectivity index is 1.76. The van der Waals surface area contributed by atoms with Crippen molar-refractivity contribution in [2.45, 2.75) is 70.1 Å². The number of carbonyl (C=O) groups excluding carboxylic acids is 3. The van der Waals surface area contributed by atoms with Crippen LogP contribution in [-0.4, -0.2) is 69.5 Å². The van der Waals surface area contributed by atoms with Gasteiger partial charge in [-0.1, -0.05) is 62.7 Å². The molecule has 2 aromatic carbocycles. The fourth-order valence-corrected chi connectivity index (χ4v) is 4.74. The van der Waals surface area contributed by atoms with Crippen molar-refractivity contribution in [1.82, 2.24) is 15.5 Å². The maximum Gasteiger partial charge on any atom is 0.326 e. The first-order valence-electron chi connectivity index (χ1n) is 13.3. The fourth-order valence-electron chi connectivity index (χ4n) is 4.74. The van der Waals surface area contributed by atoms with Crippen molar-refractivity contribution in [3.05, 3.63) is 65.7 Å². The fraction of sp³-hybridized carbons (Fsp3) is 0.448. The lowest BCUT2D eigenvalue weighted by atomic mass is 9.98. The molecule has 2 aromatic rings. The van der Waals surface area contributed by atoms with E-state index in [1.165, 1.54) is 17.0 Å². The summed E-state index contributed by atoms with van der Waals surface area (Å²) >= 11 is 0. The number of hydrogen-bond donors (Lipinski definition) is 5. The van der Waals surface area contributed by atoms with Gasteiger partial charge in [0, 0.05) is 13.0 Å². The Morgan fingerprint density at radius 1 is 1.00 bits per heavy atom. The largest absolute Gasteiger partial charge is 0.508 e. The number of aliphatic carboxylic acids is 1. The molecule has 0 saturated carbocycles. The van der Waals surface area contributed by atoms with Crippen molar-refractivity contribution >= 4 is 23.7 Å². The monoisotopic (exact) mass is 538 g/mol. The molecule has 1 saturated heterocycles. The number of nitrogens with zero attached hydrogens (tertiary/aromatic N) is 1. The summed E-state index contributed by atoms with van der Waals surface area (Å²) in [4.78, 5) is 53.2. The number of nitrogens with two attached hydrogens (primary N) is 1. The SMILES string of the molecule is CCC(C)C(NC(=O)C1CCCN1C(=O)C(Cc1ccccc1)NC(=O)C(N)Cc1ccc(O)cc1)C(=O)O. The Bertz CT molecular complexity index is 1140. The third-order valence-electron chi connectivity index (χ3n) is 7.24. The second kappa shape index (κ2) is 13.7. The summed E-state index contributed by atoms with van der Waals surface area (Å²) in [6.07, 6.45) is 1.96. The lowest BCUT2D eigenvalue weighted by Crippen LogP contribution is -2.58. The molecule has 0 aliphatic carbocycles. The molecule has 3 amide bonds. The van der Waals surface area contributed by atoms with Crippen LogP contribution in [0.1, 0.15) is 44.2 Å². The van der Waals surface area contributed by atoms with Crippen LogP contribution in [0.2, 0.25) is 0 Å². The van der Waals surface area contributed by atoms with Gasteiger partial charge in [0.05, 0.1) is 6.04 Å². The van der Waals surface area contributed by atoms with Crippen LogP contribution < -0.4 is 16.4 Å². The van der Waals surface area contributed by atoms with E-state index in [0.29, 0.717) is 25.8 Å². The lowest BCUT2D eigenvalue weighted by molar-refractivity contribution is -0.146. The number of carboxylic acids is 1. The Labute approximate surface area is 228 Å². The maximum absolute atomic E-state index is 13.8. The summed E-state index contributed by atoms with van der Waals surface area (Å²) in [7, 11) is 0. The van der Waals surface area contributed by atoms with Crippen LogP contribution in [0.5, 0.6) is 5.75 Å². The molecule has 1 heterocycles. The molecule has 0 aromatic heterocycles. The van der Waals surface area contributed by atoms with Gasteiger partial charge in [0.25, 0.3) is 0 Å². The molecular weight excluding hydrogens is 500 g/mol. The number of rotatable bonds is 12. The van der Waals surface area contributed by atoms with Gasteiger partial charge in [-0.25, -0.2) is 4.79 Å². The van der Waals surface area contributed by atoms with Crippen molar-refractivity contribution < 1.29 is 29.4 Å². The van der Waals surface area contributed by atoms with Gasteiger partial charge in [-0.2, -0.15) is 0 Å². The molecule has 0 bridgehead atoms. The molecule has 1 aliphatic heterocycles. The van der Waals surface area contributed by atoms with E-state index in [1.54, 1.807) is 19.1 Å². The molecule has 1 fully saturated rings. The predicted molar refractivity (Wildman–Crippen MR) is 146 cm³/mol. The summed E-state index contributed by atoms with van der Waals surface area (Å²) in [5.74, 6) is -2.74. The Morgan fingerprint density at radius 2 is 1.64 bits per heavy atom. The first-order valence-corrected chi connectivity index (χ1v) is 13.3. The van der Waals surface area contributed by atoms with Crippen molar-refractivity contribution in [2.75, 3.05) is 6.54 Å². The molecule has 210 valence electrons. The molecule has 0 spiro atoms. The maximum atomic E-state index is 13.8. The topological polar surface area (TPSA) is 162 Å². The van der Waals surface area contributed by atoms with Crippen LogP contribution in [-0.2, 0) is 32.0 Å². The van der Waals surface area contributed by atoms with Crippen molar-refractivity contribution in [3.63, 3.8) is 0 Å². The number of carboxylic acid groups (broad SMARTS) is 1. The number of nitrogens with one attached hydrogen (secondary N) is 2. The molecule has 0 radical (unpaired) electrons. The van der Waals surface area contributed by atoms with E-state index < -0.39 is 47.9 Å². The van der Waals surface area contributed by atoms with Crippen LogP contribution in [0, 0.1) is 5.92 Å². The number of phenols is 1. The highest BCUT2D eigenvalue weighted by molar-refractivity contribution is 5.94. The Morgan fingerprint density at radius 3 is 2.26 bits per heavy atom. The highest BCUT2D eigenvalue weighted by Gasteiger charge is 2.39. The number of carbonyl (C=O) groups is 4. The average Bonchev–Trinajstić information content (AvgIpc) is 3.42. The highest BCUT2D eigenvalue weighted by Crippen LogP contribution is 2.21. The van der Waals surface area contributed by atoms with E-state index in [0.717, 1.165) is 11.1 Å². The first kappa shape index (κ1) is 29.6. The van der Waals surface area contributed by atoms with Gasteiger partial charge in [-0.3, -0.25) is 14.4 Å². The number of aromatic hydroxyl groups is 1. The van der Waals surface area contributed by atoms with Gasteiger partial charge < -0.3 is 31.5 Å². The van der Waals surface area contributed by atoms with Gasteiger partial charge >= 0.3 is 5.97 Å². The van der Waals surface area contributed by atoms with Crippen molar-refractivity contribution in [1.29, 1.82) is 0 Å². The van der Waals surface area contributed by atoms with Crippen molar-refractivity contribution in [3.8, 4) is 5.75 Å². The molecule has 10 nitrogen and oxygen atoms in total. The molecule has 3 rings (SSSR count). The summed E-state index contributed by atoms with van der Waals surface area (Å²) in [5.41, 5.74) is 7.75. The molecule has 1 aliphatic rings. The van der Waals surface area contributed by atoms with Crippen LogP contribution >= 0.6 is 0 Å². The summed E-state index contributed by atoms with van der Waals surface area (Å²) in [6, 6.07) is 11.8. The number of hydrogen-bond acceptors (Lipinski definition) is 6. The smallest absolute Gasteiger partial charge is 0.326 e. The van der Waals surface area contributed by atoms with Gasteiger partial charge in [0.15, 0.2) is 0 Å². The van der Waals surface area contributed by atoms with Crippen LogP contribution in [0.25, 0.3) is 0 Å². The summed E-state index contributed by atoms with van der Waals surface area (Å²) < 4.78 is 0. The van der Waals surface area contributed by atoms with E-state index in [9.17, 15) is 29.4 Å². The summed E-state index contributed by atoms with van der Waals surface area (Å²) in [6.45, 7) is 3.92. The van der Waals surface area contributed by atoms with Crippen molar-refractivity contribution in [2.24, 2.45) is 11.7 Å². The molecule has 10 heteroatoms. The van der Waals surface area contributed by atoms with E-state index in [-0.39, 0.29) is 24.5 Å². The number of benzene rings is 2. The normalized spacial score (nSPS) is 18.0. The van der Waals surface area contributed by atoms with Crippen LogP contribution in [0.3, 0.4) is 0 Å². The standard InChI is InChI=1S/C29H38N4O6/c1-3-18(2)25(29(38)39)32-27(36)24-10-7-15-33(24)28(37)23(17-19-8-5-4-6-9-19)31-26(35)22(30)16-20-11-13-21(34)14-12-20/h4-6,8-9,11-14,18,22-25,34H,3,7,10,15-17,30H2,1-2H3,(H,31,35)(H,32,36)(H,38,39). The van der Waals surface area contributed by atoms with E-state index >= 15 is 0 Å². The third kappa shape index (κ3) is 8.03. The van der Waals surface area contributed by atoms with Gasteiger partial charge in [0.1, 0.15) is 23.9 Å². The quantitative estimate of drug-likeness (QED) is 0.274. The molecular formula is C29H38N4O6. The van der Waals surface area contributed by atoms with E-state index in [1.807, 2.05) is 37.3 Å². The van der Waals surface area contributed by atoms with E-state index in [2.05, 4.69) is 10.6 Å². The highest BCUT2D eigenvalue weighted by atomic mass is 16.4. The Hall–Kier alpha value is -3.92. The zero-order valence-corrected chi connectivity index (χ0v) is 22.4. The zero-order chi connectivity index (χ0) is 28.5. The number of likely N-dealkylation sites (tertiary alicyclic amines) is 1. The number of phenolic OH excluding ortho intramolecular Hbond substituents is 1. The van der Waals surface area contributed by atoms with Gasteiger partial charge in [-0.15, -0.1) is 0 Å². The molecule has 39 heavy (non-hydrogen) atoms. The second-order valence-electron chi connectivity index (χ2n) is 10.1. The van der Waals surface area contributed by atoms with Gasteiger partial charge in [0.2, 0.25) is 17.7 Å². The third-order valence-corrected chi connectivity index (χ3v) is 7.24. The minimum Gasteiger partial charge on any atom is -0.508 e. The summed E-state index contributed by atoms with van der Waals surface area (Å²) in [5, 5.41) is 24.5. The van der Waals surface area contributed by atoms with E-state index in [4.69, 9.17) is 5.73 Å². The molecule has 6 N–H and O–H groups in total. The number of amides is 3. The molecule has 5 atom stereocenters. The minimum atomic E-state index is -1.12. The molecule has 5 unspecified atom stereocenters. The predicted octanol–water partition coefficient (Wildman–Crippen LogP) is 1.60. The first-order chi connectivity index (χ1) is 18.6. The average molecular weight is 539 g/mol. The zero-order valence-electron chi connectivity index (χ0n) is 22.4. The van der Waals surface area contributed by atoms with Crippen LogP contribution in [0.15, 0.2) is 54.6 Å². The minimum absolute atomic E-state index is 0.105. The Kier molecular flexibility index (Phi) is 10.4.